The molecule has 0 aliphatic carbocycles. The Morgan fingerprint density at radius 3 is 2.74 bits per heavy atom. The maximum absolute atomic E-state index is 13.5. The first kappa shape index (κ1) is 13.2. The zero-order valence-electron chi connectivity index (χ0n) is 9.41. The molecule has 1 aromatic heterocycles. The molecule has 9 heteroatoms. The molecule has 19 heavy (non-hydrogen) atoms. The number of nitrogens with one attached hydrogen (secondary N) is 1. The van der Waals surface area contributed by atoms with E-state index in [9.17, 15) is 14.5 Å². The van der Waals surface area contributed by atoms with Crippen LogP contribution in [0, 0.1) is 15.9 Å². The number of hydrogen-bond donors (Lipinski definition) is 2. The van der Waals surface area contributed by atoms with Crippen molar-refractivity contribution in [3.63, 3.8) is 0 Å². The predicted molar refractivity (Wildman–Crippen MR) is 67.0 cm³/mol. The van der Waals surface area contributed by atoms with Gasteiger partial charge in [0.15, 0.2) is 5.03 Å². The molecule has 0 atom stereocenters. The minimum absolute atomic E-state index is 0.0121. The van der Waals surface area contributed by atoms with Crippen LogP contribution in [-0.4, -0.2) is 14.9 Å². The second-order valence-electron chi connectivity index (χ2n) is 3.31. The van der Waals surface area contributed by atoms with Crippen molar-refractivity contribution >= 4 is 23.3 Å². The van der Waals surface area contributed by atoms with Crippen LogP contribution in [0.15, 0.2) is 40.5 Å². The number of rotatable bonds is 4. The molecular weight excluding hydrogens is 273 g/mol. The third kappa shape index (κ3) is 2.77. The fraction of sp³-hybridized carbons (Fsp3) is 0. The second kappa shape index (κ2) is 5.59. The summed E-state index contributed by atoms with van der Waals surface area (Å²) in [5, 5.41) is 11.0. The van der Waals surface area contributed by atoms with E-state index in [4.69, 9.17) is 5.84 Å². The van der Waals surface area contributed by atoms with Crippen LogP contribution in [0.3, 0.4) is 0 Å². The first-order valence-corrected chi connectivity index (χ1v) is 5.83. The zero-order valence-corrected chi connectivity index (χ0v) is 10.2. The van der Waals surface area contributed by atoms with Gasteiger partial charge in [-0.15, -0.1) is 0 Å². The second-order valence-corrected chi connectivity index (χ2v) is 4.34. The summed E-state index contributed by atoms with van der Waals surface area (Å²) in [7, 11) is 0. The standard InChI is InChI=1S/C10H8FN5O2S/c11-6-3-1-2-4-7(6)19-10-8(16(17)18)9(15-12)13-5-14-10/h1-5H,12H2,(H,13,14,15). The average molecular weight is 281 g/mol. The quantitative estimate of drug-likeness (QED) is 0.382. The number of nitro groups is 1. The summed E-state index contributed by atoms with van der Waals surface area (Å²) in [6.07, 6.45) is 1.12. The molecule has 0 spiro atoms. The summed E-state index contributed by atoms with van der Waals surface area (Å²) >= 11 is 0.835. The summed E-state index contributed by atoms with van der Waals surface area (Å²) in [5.41, 5.74) is 1.73. The summed E-state index contributed by atoms with van der Waals surface area (Å²) < 4.78 is 13.5. The van der Waals surface area contributed by atoms with Crippen molar-refractivity contribution < 1.29 is 9.31 Å². The summed E-state index contributed by atoms with van der Waals surface area (Å²) in [4.78, 5) is 18.0. The molecule has 0 aliphatic rings. The molecule has 98 valence electrons. The van der Waals surface area contributed by atoms with Crippen LogP contribution in [0.2, 0.25) is 0 Å². The molecular formula is C10H8FN5O2S. The first-order chi connectivity index (χ1) is 9.13. The number of halogens is 1. The lowest BCUT2D eigenvalue weighted by molar-refractivity contribution is -0.387. The molecule has 0 bridgehead atoms. The van der Waals surface area contributed by atoms with E-state index in [1.165, 1.54) is 18.2 Å². The highest BCUT2D eigenvalue weighted by atomic mass is 32.2. The molecule has 0 radical (unpaired) electrons. The SMILES string of the molecule is NNc1ncnc(Sc2ccccc2F)c1[N+](=O)[O-]. The van der Waals surface area contributed by atoms with E-state index in [1.54, 1.807) is 6.07 Å². The number of hydrazine groups is 1. The predicted octanol–water partition coefficient (Wildman–Crippen LogP) is 1.96. The topological polar surface area (TPSA) is 107 Å². The lowest BCUT2D eigenvalue weighted by Crippen LogP contribution is -2.12. The van der Waals surface area contributed by atoms with Crippen molar-refractivity contribution in [1.29, 1.82) is 0 Å². The number of benzene rings is 1. The Morgan fingerprint density at radius 2 is 2.11 bits per heavy atom. The van der Waals surface area contributed by atoms with Gasteiger partial charge in [-0.3, -0.25) is 10.1 Å². The van der Waals surface area contributed by atoms with Gasteiger partial charge in [-0.2, -0.15) is 0 Å². The third-order valence-electron chi connectivity index (χ3n) is 2.15. The number of hydrogen-bond acceptors (Lipinski definition) is 7. The number of nitrogens with two attached hydrogens (primary N) is 1. The maximum atomic E-state index is 13.5. The molecule has 0 saturated heterocycles. The highest BCUT2D eigenvalue weighted by Crippen LogP contribution is 2.36. The van der Waals surface area contributed by atoms with Crippen LogP contribution in [-0.2, 0) is 0 Å². The Morgan fingerprint density at radius 1 is 1.37 bits per heavy atom. The van der Waals surface area contributed by atoms with Gasteiger partial charge in [0.25, 0.3) is 0 Å². The zero-order chi connectivity index (χ0) is 13.8. The van der Waals surface area contributed by atoms with Gasteiger partial charge in [0, 0.05) is 4.90 Å². The average Bonchev–Trinajstić information content (AvgIpc) is 2.40. The van der Waals surface area contributed by atoms with Crippen LogP contribution < -0.4 is 11.3 Å². The summed E-state index contributed by atoms with van der Waals surface area (Å²) in [5.74, 6) is 4.54. The van der Waals surface area contributed by atoms with Crippen LogP contribution in [0.1, 0.15) is 0 Å². The van der Waals surface area contributed by atoms with Crippen molar-refractivity contribution in [2.24, 2.45) is 5.84 Å². The van der Waals surface area contributed by atoms with Crippen LogP contribution in [0.4, 0.5) is 15.9 Å². The van der Waals surface area contributed by atoms with Gasteiger partial charge in [-0.1, -0.05) is 23.9 Å². The van der Waals surface area contributed by atoms with Gasteiger partial charge < -0.3 is 5.43 Å². The minimum Gasteiger partial charge on any atom is -0.303 e. The normalized spacial score (nSPS) is 10.2. The van der Waals surface area contributed by atoms with Gasteiger partial charge in [0.2, 0.25) is 5.82 Å². The highest BCUT2D eigenvalue weighted by Gasteiger charge is 2.23. The van der Waals surface area contributed by atoms with E-state index in [0.29, 0.717) is 0 Å². The summed E-state index contributed by atoms with van der Waals surface area (Å²) in [6.45, 7) is 0. The number of nitrogen functional groups attached to an aromatic ring is 1. The highest BCUT2D eigenvalue weighted by molar-refractivity contribution is 7.99. The Kier molecular flexibility index (Phi) is 3.88. The molecule has 3 N–H and O–H groups in total. The van der Waals surface area contributed by atoms with Gasteiger partial charge in [0.05, 0.1) is 4.92 Å². The molecule has 0 amide bonds. The van der Waals surface area contributed by atoms with Crippen LogP contribution in [0.25, 0.3) is 0 Å². The monoisotopic (exact) mass is 281 g/mol. The van der Waals surface area contributed by atoms with E-state index in [2.05, 4.69) is 15.4 Å². The lowest BCUT2D eigenvalue weighted by Gasteiger charge is -2.05. The molecule has 1 aromatic carbocycles. The van der Waals surface area contributed by atoms with Gasteiger partial charge in [0.1, 0.15) is 12.1 Å². The summed E-state index contributed by atoms with van der Waals surface area (Å²) in [6, 6.07) is 5.92. The Labute approximate surface area is 111 Å². The van der Waals surface area contributed by atoms with Crippen molar-refractivity contribution in [2.45, 2.75) is 9.92 Å². The van der Waals surface area contributed by atoms with Gasteiger partial charge >= 0.3 is 5.69 Å². The molecule has 0 unspecified atom stereocenters. The van der Waals surface area contributed by atoms with E-state index < -0.39 is 16.4 Å². The lowest BCUT2D eigenvalue weighted by atomic mass is 10.3. The largest absolute Gasteiger partial charge is 0.344 e. The maximum Gasteiger partial charge on any atom is 0.344 e. The molecule has 7 nitrogen and oxygen atoms in total. The first-order valence-electron chi connectivity index (χ1n) is 5.02. The molecule has 2 rings (SSSR count). The van der Waals surface area contributed by atoms with Crippen molar-refractivity contribution in [3.05, 3.63) is 46.5 Å². The molecule has 0 saturated carbocycles. The molecule has 0 fully saturated rings. The van der Waals surface area contributed by atoms with Gasteiger partial charge in [-0.05, 0) is 12.1 Å². The van der Waals surface area contributed by atoms with E-state index >= 15 is 0 Å². The van der Waals surface area contributed by atoms with Crippen molar-refractivity contribution in [2.75, 3.05) is 5.43 Å². The number of nitrogens with zero attached hydrogens (tertiary/aromatic N) is 3. The molecule has 2 aromatic rings. The van der Waals surface area contributed by atoms with E-state index in [0.717, 1.165) is 18.1 Å². The molecule has 0 aliphatic heterocycles. The Hall–Kier alpha value is -2.26. The number of aromatic nitrogens is 2. The van der Waals surface area contributed by atoms with Crippen LogP contribution >= 0.6 is 11.8 Å². The molecule has 1 heterocycles. The fourth-order valence-electron chi connectivity index (χ4n) is 1.34. The van der Waals surface area contributed by atoms with E-state index in [-0.39, 0.29) is 15.7 Å². The van der Waals surface area contributed by atoms with E-state index in [1.807, 2.05) is 0 Å². The Balaban J connectivity index is 2.46. The van der Waals surface area contributed by atoms with Gasteiger partial charge in [-0.25, -0.2) is 20.2 Å². The minimum atomic E-state index is -0.668. The number of anilines is 1. The Bertz CT molecular complexity index is 625. The van der Waals surface area contributed by atoms with Crippen molar-refractivity contribution in [3.8, 4) is 0 Å². The van der Waals surface area contributed by atoms with Crippen molar-refractivity contribution in [1.82, 2.24) is 9.97 Å². The van der Waals surface area contributed by atoms with Crippen LogP contribution in [0.5, 0.6) is 0 Å². The fourth-order valence-corrected chi connectivity index (χ4v) is 2.23. The third-order valence-corrected chi connectivity index (χ3v) is 3.19. The smallest absolute Gasteiger partial charge is 0.303 e.